The van der Waals surface area contributed by atoms with Gasteiger partial charge < -0.3 is 14.2 Å². The summed E-state index contributed by atoms with van der Waals surface area (Å²) in [6.07, 6.45) is 11.7. The molecule has 118 valence electrons. The average Bonchev–Trinajstić information content (AvgIpc) is 3.18. The van der Waals surface area contributed by atoms with Crippen LogP contribution in [-0.4, -0.2) is 31.5 Å². The van der Waals surface area contributed by atoms with Crippen molar-refractivity contribution < 1.29 is 14.2 Å². The lowest BCUT2D eigenvalue weighted by Gasteiger charge is -2.33. The molecule has 3 nitrogen and oxygen atoms in total. The first-order valence-corrected chi connectivity index (χ1v) is 7.94. The number of hydrogen-bond acceptors (Lipinski definition) is 3. The van der Waals surface area contributed by atoms with E-state index in [1.54, 1.807) is 12.2 Å². The average molecular weight is 292 g/mol. The van der Waals surface area contributed by atoms with Crippen molar-refractivity contribution in [3.8, 4) is 0 Å². The van der Waals surface area contributed by atoms with Gasteiger partial charge in [-0.1, -0.05) is 32.1 Å². The summed E-state index contributed by atoms with van der Waals surface area (Å²) in [7, 11) is 1.82. The minimum absolute atomic E-state index is 0.0268. The highest BCUT2D eigenvalue weighted by Gasteiger charge is 2.59. The van der Waals surface area contributed by atoms with Gasteiger partial charge in [0, 0.05) is 19.4 Å². The molecule has 0 amide bonds. The van der Waals surface area contributed by atoms with E-state index in [1.807, 2.05) is 13.2 Å². The summed E-state index contributed by atoms with van der Waals surface area (Å²) in [6.45, 7) is 10.3. The molecule has 0 aromatic carbocycles. The summed E-state index contributed by atoms with van der Waals surface area (Å²) < 4.78 is 17.4. The zero-order valence-corrected chi connectivity index (χ0v) is 13.3. The summed E-state index contributed by atoms with van der Waals surface area (Å²) in [5.74, 6) is 1.28. The van der Waals surface area contributed by atoms with Crippen LogP contribution in [0.1, 0.15) is 39.0 Å². The fourth-order valence-electron chi connectivity index (χ4n) is 3.55. The molecule has 0 spiro atoms. The van der Waals surface area contributed by atoms with Crippen LogP contribution in [0, 0.1) is 5.92 Å². The van der Waals surface area contributed by atoms with Crippen LogP contribution < -0.4 is 0 Å². The summed E-state index contributed by atoms with van der Waals surface area (Å²) in [4.78, 5) is 0. The monoisotopic (exact) mass is 292 g/mol. The van der Waals surface area contributed by atoms with Gasteiger partial charge in [-0.25, -0.2) is 0 Å². The van der Waals surface area contributed by atoms with Gasteiger partial charge in [-0.15, -0.1) is 0 Å². The quantitative estimate of drug-likeness (QED) is 0.385. The minimum Gasteiger partial charge on any atom is -0.494 e. The lowest BCUT2D eigenvalue weighted by Crippen LogP contribution is -2.38. The summed E-state index contributed by atoms with van der Waals surface area (Å²) in [5, 5.41) is 0. The van der Waals surface area contributed by atoms with Gasteiger partial charge in [-0.2, -0.15) is 0 Å². The van der Waals surface area contributed by atoms with Crippen LogP contribution in [-0.2, 0) is 14.2 Å². The Bertz CT molecular complexity index is 401. The Morgan fingerprint density at radius 3 is 2.76 bits per heavy atom. The van der Waals surface area contributed by atoms with E-state index in [2.05, 4.69) is 20.1 Å². The first-order valence-electron chi connectivity index (χ1n) is 7.94. The molecule has 0 aromatic rings. The zero-order valence-electron chi connectivity index (χ0n) is 13.3. The molecule has 1 saturated carbocycles. The SMILES string of the molecule is C=C/C=C(\C=C)OCCC1O[C@@]1(C)C1CCCCC1OC. The smallest absolute Gasteiger partial charge is 0.118 e. The van der Waals surface area contributed by atoms with Gasteiger partial charge in [0.05, 0.1) is 24.4 Å². The maximum atomic E-state index is 6.03. The van der Waals surface area contributed by atoms with E-state index < -0.39 is 0 Å². The Morgan fingerprint density at radius 2 is 2.10 bits per heavy atom. The number of ether oxygens (including phenoxy) is 3. The van der Waals surface area contributed by atoms with Crippen molar-refractivity contribution in [3.05, 3.63) is 37.1 Å². The molecule has 1 saturated heterocycles. The molecule has 3 heteroatoms. The van der Waals surface area contributed by atoms with E-state index in [0.29, 0.717) is 18.6 Å². The minimum atomic E-state index is -0.0268. The third kappa shape index (κ3) is 3.78. The fourth-order valence-corrected chi connectivity index (χ4v) is 3.55. The molecule has 1 heterocycles. The normalized spacial score (nSPS) is 36.1. The highest BCUT2D eigenvalue weighted by molar-refractivity contribution is 5.14. The van der Waals surface area contributed by atoms with Crippen molar-refractivity contribution in [3.63, 3.8) is 0 Å². The van der Waals surface area contributed by atoms with Crippen molar-refractivity contribution in [2.45, 2.75) is 56.8 Å². The van der Waals surface area contributed by atoms with Crippen molar-refractivity contribution >= 4 is 0 Å². The third-order valence-electron chi connectivity index (χ3n) is 4.85. The van der Waals surface area contributed by atoms with Crippen LogP contribution in [0.4, 0.5) is 0 Å². The molecule has 2 rings (SSSR count). The van der Waals surface area contributed by atoms with Gasteiger partial charge in [-0.05, 0) is 31.9 Å². The summed E-state index contributed by atoms with van der Waals surface area (Å²) >= 11 is 0. The van der Waals surface area contributed by atoms with Crippen molar-refractivity contribution in [1.29, 1.82) is 0 Å². The van der Waals surface area contributed by atoms with Crippen molar-refractivity contribution in [1.82, 2.24) is 0 Å². The predicted octanol–water partition coefficient (Wildman–Crippen LogP) is 4.01. The lowest BCUT2D eigenvalue weighted by atomic mass is 9.76. The van der Waals surface area contributed by atoms with E-state index in [-0.39, 0.29) is 11.7 Å². The lowest BCUT2D eigenvalue weighted by molar-refractivity contribution is -0.00780. The number of hydrogen-bond donors (Lipinski definition) is 0. The van der Waals surface area contributed by atoms with E-state index in [4.69, 9.17) is 14.2 Å². The van der Waals surface area contributed by atoms with Gasteiger partial charge in [0.25, 0.3) is 0 Å². The largest absolute Gasteiger partial charge is 0.494 e. The fraction of sp³-hybridized carbons (Fsp3) is 0.667. The molecular weight excluding hydrogens is 264 g/mol. The third-order valence-corrected chi connectivity index (χ3v) is 4.85. The highest BCUT2D eigenvalue weighted by Crippen LogP contribution is 2.50. The number of rotatable bonds is 8. The van der Waals surface area contributed by atoms with E-state index in [0.717, 1.165) is 18.6 Å². The molecule has 0 N–H and O–H groups in total. The van der Waals surface area contributed by atoms with Gasteiger partial charge in [0.2, 0.25) is 0 Å². The Balaban J connectivity index is 1.81. The first kappa shape index (κ1) is 16.3. The second-order valence-corrected chi connectivity index (χ2v) is 6.10. The zero-order chi connectivity index (χ0) is 15.3. The Labute approximate surface area is 128 Å². The number of methoxy groups -OCH3 is 1. The van der Waals surface area contributed by atoms with Crippen LogP contribution in [0.25, 0.3) is 0 Å². The maximum absolute atomic E-state index is 6.03. The number of allylic oxidation sites excluding steroid dienone is 3. The molecule has 4 atom stereocenters. The second kappa shape index (κ2) is 7.28. The molecule has 3 unspecified atom stereocenters. The molecule has 0 bridgehead atoms. The standard InChI is InChI=1S/C18H28O3/c1-5-9-14(6-2)20-13-12-17-18(3,21-17)15-10-7-8-11-16(15)19-4/h5-6,9,15-17H,1-2,7-8,10-13H2,3-4H3/b14-9+/t15?,16?,17?,18-/m0/s1. The Morgan fingerprint density at radius 1 is 1.33 bits per heavy atom. The second-order valence-electron chi connectivity index (χ2n) is 6.10. The maximum Gasteiger partial charge on any atom is 0.118 e. The van der Waals surface area contributed by atoms with E-state index in [1.165, 1.54) is 19.3 Å². The molecule has 1 aliphatic carbocycles. The van der Waals surface area contributed by atoms with Gasteiger partial charge >= 0.3 is 0 Å². The van der Waals surface area contributed by atoms with Crippen molar-refractivity contribution in [2.75, 3.05) is 13.7 Å². The Hall–Kier alpha value is -1.06. The first-order chi connectivity index (χ1) is 10.2. The predicted molar refractivity (Wildman–Crippen MR) is 85.1 cm³/mol. The summed E-state index contributed by atoms with van der Waals surface area (Å²) in [6, 6.07) is 0. The topological polar surface area (TPSA) is 31.0 Å². The van der Waals surface area contributed by atoms with Crippen molar-refractivity contribution in [2.24, 2.45) is 5.92 Å². The molecule has 2 aliphatic rings. The molecule has 21 heavy (non-hydrogen) atoms. The highest BCUT2D eigenvalue weighted by atomic mass is 16.6. The van der Waals surface area contributed by atoms with Crippen LogP contribution in [0.5, 0.6) is 0 Å². The molecule has 2 fully saturated rings. The molecule has 0 aromatic heterocycles. The van der Waals surface area contributed by atoms with Crippen LogP contribution in [0.3, 0.4) is 0 Å². The van der Waals surface area contributed by atoms with Crippen LogP contribution in [0.2, 0.25) is 0 Å². The Kier molecular flexibility index (Phi) is 5.65. The van der Waals surface area contributed by atoms with Gasteiger partial charge in [0.1, 0.15) is 5.76 Å². The molecule has 1 aliphatic heterocycles. The van der Waals surface area contributed by atoms with E-state index in [9.17, 15) is 0 Å². The summed E-state index contributed by atoms with van der Waals surface area (Å²) in [5.41, 5.74) is -0.0268. The van der Waals surface area contributed by atoms with E-state index >= 15 is 0 Å². The molecule has 0 radical (unpaired) electrons. The van der Waals surface area contributed by atoms with Crippen LogP contribution >= 0.6 is 0 Å². The molecular formula is C18H28O3. The van der Waals surface area contributed by atoms with Gasteiger partial charge in [-0.3, -0.25) is 0 Å². The van der Waals surface area contributed by atoms with Gasteiger partial charge in [0.15, 0.2) is 0 Å². The van der Waals surface area contributed by atoms with Crippen LogP contribution in [0.15, 0.2) is 37.1 Å². The number of epoxide rings is 1.